The molecule has 2 unspecified atom stereocenters. The van der Waals surface area contributed by atoms with Gasteiger partial charge in [-0.05, 0) is 49.9 Å². The minimum absolute atomic E-state index is 0.0336. The first-order chi connectivity index (χ1) is 14.9. The molecule has 0 radical (unpaired) electrons. The summed E-state index contributed by atoms with van der Waals surface area (Å²) in [6.45, 7) is 6.57. The molecule has 8 heteroatoms. The van der Waals surface area contributed by atoms with E-state index in [-0.39, 0.29) is 29.6 Å². The molecule has 6 atom stereocenters. The van der Waals surface area contributed by atoms with E-state index in [0.29, 0.717) is 29.4 Å². The average Bonchev–Trinajstić information content (AvgIpc) is 3.48. The zero-order chi connectivity index (χ0) is 22.0. The van der Waals surface area contributed by atoms with E-state index in [9.17, 15) is 4.79 Å². The molecule has 2 aliphatic carbocycles. The first kappa shape index (κ1) is 21.3. The van der Waals surface area contributed by atoms with Crippen molar-refractivity contribution in [2.24, 2.45) is 23.7 Å². The number of ether oxygens (including phenoxy) is 1. The van der Waals surface area contributed by atoms with Crippen molar-refractivity contribution in [2.45, 2.75) is 64.9 Å². The molecular formula is C23H30N6O2. The smallest absolute Gasteiger partial charge is 0.309 e. The molecule has 2 aromatic rings. The van der Waals surface area contributed by atoms with Gasteiger partial charge in [-0.3, -0.25) is 9.89 Å². The Balaban J connectivity index is 1.30. The summed E-state index contributed by atoms with van der Waals surface area (Å²) < 4.78 is 5.91. The Morgan fingerprint density at radius 1 is 1.26 bits per heavy atom. The van der Waals surface area contributed by atoms with Gasteiger partial charge in [-0.15, -0.1) is 0 Å². The van der Waals surface area contributed by atoms with Crippen LogP contribution in [0.5, 0.6) is 0 Å². The maximum absolute atomic E-state index is 12.7. The summed E-state index contributed by atoms with van der Waals surface area (Å²) in [5.74, 6) is 3.16. The van der Waals surface area contributed by atoms with Crippen molar-refractivity contribution >= 4 is 17.6 Å². The summed E-state index contributed by atoms with van der Waals surface area (Å²) in [6.07, 6.45) is 7.85. The van der Waals surface area contributed by atoms with E-state index in [1.165, 1.54) is 18.8 Å². The van der Waals surface area contributed by atoms with Crippen LogP contribution in [-0.4, -0.2) is 32.2 Å². The average molecular weight is 423 g/mol. The predicted octanol–water partition coefficient (Wildman–Crippen LogP) is 4.31. The van der Waals surface area contributed by atoms with Gasteiger partial charge in [0.2, 0.25) is 0 Å². The van der Waals surface area contributed by atoms with Crippen LogP contribution >= 0.6 is 0 Å². The van der Waals surface area contributed by atoms with Crippen LogP contribution in [0.1, 0.15) is 70.2 Å². The molecule has 2 aliphatic rings. The quantitative estimate of drug-likeness (QED) is 0.666. The number of H-pyrrole nitrogens is 1. The number of nitriles is 1. The van der Waals surface area contributed by atoms with Gasteiger partial charge in [0.25, 0.3) is 0 Å². The van der Waals surface area contributed by atoms with Crippen molar-refractivity contribution in [1.82, 2.24) is 20.2 Å². The van der Waals surface area contributed by atoms with Crippen LogP contribution in [0, 0.1) is 35.0 Å². The van der Waals surface area contributed by atoms with E-state index >= 15 is 0 Å². The highest BCUT2D eigenvalue weighted by Crippen LogP contribution is 2.42. The van der Waals surface area contributed by atoms with E-state index in [2.05, 4.69) is 39.3 Å². The zero-order valence-electron chi connectivity index (χ0n) is 18.3. The second-order valence-electron chi connectivity index (χ2n) is 9.31. The number of nitrogens with zero attached hydrogens (tertiary/aromatic N) is 4. The number of carbonyl (C=O) groups excluding carboxylic acids is 1. The molecule has 2 N–H and O–H groups in total. The molecule has 0 aromatic carbocycles. The van der Waals surface area contributed by atoms with Crippen LogP contribution < -0.4 is 5.32 Å². The monoisotopic (exact) mass is 422 g/mol. The predicted molar refractivity (Wildman–Crippen MR) is 115 cm³/mol. The number of carbonyl (C=O) groups is 1. The molecule has 2 heterocycles. The highest BCUT2D eigenvalue weighted by atomic mass is 16.5. The van der Waals surface area contributed by atoms with Gasteiger partial charge in [-0.2, -0.15) is 10.4 Å². The Morgan fingerprint density at radius 2 is 2.10 bits per heavy atom. The van der Waals surface area contributed by atoms with E-state index < -0.39 is 0 Å². The highest BCUT2D eigenvalue weighted by molar-refractivity contribution is 5.72. The fourth-order valence-electron chi connectivity index (χ4n) is 5.26. The molecule has 0 saturated heterocycles. The molecule has 31 heavy (non-hydrogen) atoms. The normalized spacial score (nSPS) is 28.8. The molecule has 0 bridgehead atoms. The van der Waals surface area contributed by atoms with Gasteiger partial charge in [0.05, 0.1) is 24.0 Å². The summed E-state index contributed by atoms with van der Waals surface area (Å²) in [4.78, 5) is 20.9. The molecule has 164 valence electrons. The summed E-state index contributed by atoms with van der Waals surface area (Å²) in [7, 11) is 0. The Kier molecular flexibility index (Phi) is 6.21. The van der Waals surface area contributed by atoms with Gasteiger partial charge in [0, 0.05) is 12.0 Å². The lowest BCUT2D eigenvalue weighted by Crippen LogP contribution is -2.28. The van der Waals surface area contributed by atoms with E-state index in [1.54, 1.807) is 0 Å². The van der Waals surface area contributed by atoms with Crippen LogP contribution in [-0.2, 0) is 9.53 Å². The lowest BCUT2D eigenvalue weighted by molar-refractivity contribution is -0.155. The second kappa shape index (κ2) is 9.04. The first-order valence-corrected chi connectivity index (χ1v) is 11.2. The lowest BCUT2D eigenvalue weighted by Gasteiger charge is -2.23. The van der Waals surface area contributed by atoms with Crippen LogP contribution in [0.25, 0.3) is 0 Å². The first-order valence-electron chi connectivity index (χ1n) is 11.2. The Bertz CT molecular complexity index is 950. The third kappa shape index (κ3) is 4.87. The number of hydrogen-bond acceptors (Lipinski definition) is 7. The number of anilines is 2. The standard InChI is InChI=1S/C23H30N6O2/c1-13-6-14(2)19(7-13)15(3)23(30)31-18-5-4-16(8-18)20-9-21(29-28-20)27-22-12-25-17(10-24)11-26-22/h9,11-16,18-19H,4-8H2,1-3H3,(H2,26,27,28,29)/t13-,14+,15?,16-,18+,19?/m0/s1. The van der Waals surface area contributed by atoms with Crippen molar-refractivity contribution in [1.29, 1.82) is 5.26 Å². The number of esters is 1. The Labute approximate surface area is 182 Å². The second-order valence-corrected chi connectivity index (χ2v) is 9.31. The maximum Gasteiger partial charge on any atom is 0.309 e. The van der Waals surface area contributed by atoms with E-state index in [0.717, 1.165) is 31.4 Å². The fraction of sp³-hybridized carbons (Fsp3) is 0.609. The van der Waals surface area contributed by atoms with Gasteiger partial charge in [-0.1, -0.05) is 20.8 Å². The molecule has 0 spiro atoms. The van der Waals surface area contributed by atoms with E-state index in [4.69, 9.17) is 10.00 Å². The lowest BCUT2D eigenvalue weighted by atomic mass is 9.86. The van der Waals surface area contributed by atoms with Gasteiger partial charge < -0.3 is 10.1 Å². The van der Waals surface area contributed by atoms with Crippen molar-refractivity contribution < 1.29 is 9.53 Å². The molecule has 0 aliphatic heterocycles. The molecule has 2 aromatic heterocycles. The van der Waals surface area contributed by atoms with Gasteiger partial charge in [0.15, 0.2) is 5.69 Å². The molecule has 4 rings (SSSR count). The third-order valence-electron chi connectivity index (χ3n) is 6.91. The number of rotatable bonds is 6. The van der Waals surface area contributed by atoms with Crippen LogP contribution in [0.2, 0.25) is 0 Å². The number of hydrogen-bond donors (Lipinski definition) is 2. The third-order valence-corrected chi connectivity index (χ3v) is 6.91. The summed E-state index contributed by atoms with van der Waals surface area (Å²) in [5.41, 5.74) is 1.22. The number of aromatic amines is 1. The maximum atomic E-state index is 12.7. The molecular weight excluding hydrogens is 392 g/mol. The van der Waals surface area contributed by atoms with Crippen molar-refractivity contribution in [3.63, 3.8) is 0 Å². The van der Waals surface area contributed by atoms with Crippen LogP contribution in [0.15, 0.2) is 18.5 Å². The van der Waals surface area contributed by atoms with Crippen LogP contribution in [0.4, 0.5) is 11.6 Å². The molecule has 2 fully saturated rings. The highest BCUT2D eigenvalue weighted by Gasteiger charge is 2.38. The van der Waals surface area contributed by atoms with Gasteiger partial charge in [0.1, 0.15) is 23.8 Å². The molecule has 0 amide bonds. The molecule has 2 saturated carbocycles. The summed E-state index contributed by atoms with van der Waals surface area (Å²) in [5, 5.41) is 19.3. The number of nitrogens with one attached hydrogen (secondary N) is 2. The zero-order valence-corrected chi connectivity index (χ0v) is 18.3. The largest absolute Gasteiger partial charge is 0.462 e. The SMILES string of the molecule is CC(C(=O)O[C@@H]1CC[C@H](c2cc(Nc3cnc(C#N)cn3)[nH]n2)C1)C1C[C@@H](C)C[C@H]1C. The fourth-order valence-corrected chi connectivity index (χ4v) is 5.26. The molecule has 8 nitrogen and oxygen atoms in total. The van der Waals surface area contributed by atoms with Crippen molar-refractivity contribution in [2.75, 3.05) is 5.32 Å². The minimum Gasteiger partial charge on any atom is -0.462 e. The summed E-state index contributed by atoms with van der Waals surface area (Å²) in [6, 6.07) is 3.90. The van der Waals surface area contributed by atoms with Crippen molar-refractivity contribution in [3.05, 3.63) is 29.8 Å². The van der Waals surface area contributed by atoms with Gasteiger partial charge in [-0.25, -0.2) is 9.97 Å². The Hall–Kier alpha value is -2.95. The van der Waals surface area contributed by atoms with Crippen molar-refractivity contribution in [3.8, 4) is 6.07 Å². The topological polar surface area (TPSA) is 117 Å². The Morgan fingerprint density at radius 3 is 2.77 bits per heavy atom. The van der Waals surface area contributed by atoms with Gasteiger partial charge >= 0.3 is 5.97 Å². The minimum atomic E-state index is -0.0413. The summed E-state index contributed by atoms with van der Waals surface area (Å²) >= 11 is 0. The number of aromatic nitrogens is 4. The van der Waals surface area contributed by atoms with Crippen LogP contribution in [0.3, 0.4) is 0 Å². The van der Waals surface area contributed by atoms with E-state index in [1.807, 2.05) is 19.1 Å².